The van der Waals surface area contributed by atoms with E-state index in [0.29, 0.717) is 0 Å². The molecule has 122 valence electrons. The highest BCUT2D eigenvalue weighted by atomic mass is 127. The topological polar surface area (TPSA) is 66.5 Å². The van der Waals surface area contributed by atoms with E-state index in [0.717, 1.165) is 34.9 Å². The van der Waals surface area contributed by atoms with Gasteiger partial charge in [-0.3, -0.25) is 19.3 Å². The minimum Gasteiger partial charge on any atom is -0.326 e. The highest BCUT2D eigenvalue weighted by molar-refractivity contribution is 14.1. The van der Waals surface area contributed by atoms with Crippen LogP contribution in [0.2, 0.25) is 0 Å². The minimum absolute atomic E-state index is 0.0817. The van der Waals surface area contributed by atoms with Crippen LogP contribution in [0, 0.1) is 15.4 Å². The van der Waals surface area contributed by atoms with Gasteiger partial charge in [0.15, 0.2) is 0 Å². The van der Waals surface area contributed by atoms with Crippen LogP contribution in [0.5, 0.6) is 0 Å². The molecule has 1 saturated heterocycles. The van der Waals surface area contributed by atoms with Gasteiger partial charge < -0.3 is 5.32 Å². The Morgan fingerprint density at radius 2 is 1.65 bits per heavy atom. The summed E-state index contributed by atoms with van der Waals surface area (Å²) in [5.74, 6) is -0.628. The van der Waals surface area contributed by atoms with Crippen molar-refractivity contribution in [1.82, 2.24) is 4.90 Å². The number of hydrogen-bond donors (Lipinski definition) is 1. The zero-order valence-corrected chi connectivity index (χ0v) is 14.9. The lowest BCUT2D eigenvalue weighted by molar-refractivity contribution is -0.140. The number of amides is 3. The van der Waals surface area contributed by atoms with Gasteiger partial charge in [0, 0.05) is 22.2 Å². The van der Waals surface area contributed by atoms with E-state index < -0.39 is 0 Å². The van der Waals surface area contributed by atoms with Gasteiger partial charge >= 0.3 is 0 Å². The number of likely N-dealkylation sites (tertiary alicyclic amines) is 1. The van der Waals surface area contributed by atoms with Crippen LogP contribution in [0.3, 0.4) is 0 Å². The maximum absolute atomic E-state index is 12.3. The summed E-state index contributed by atoms with van der Waals surface area (Å²) in [6, 6.07) is 7.49. The maximum Gasteiger partial charge on any atom is 0.233 e. The Bertz CT molecular complexity index is 605. The summed E-state index contributed by atoms with van der Waals surface area (Å²) in [4.78, 5) is 38.0. The third kappa shape index (κ3) is 3.57. The number of imide groups is 1. The predicted octanol–water partition coefficient (Wildman–Crippen LogP) is 2.80. The monoisotopic (exact) mass is 426 g/mol. The SMILES string of the molecule is O=C(CCN1C(=O)C2CCCCC2C1=O)Nc1ccc(I)cc1. The molecule has 2 aliphatic rings. The Hall–Kier alpha value is -1.44. The molecule has 0 spiro atoms. The molecule has 3 amide bonds. The maximum atomic E-state index is 12.3. The molecule has 1 N–H and O–H groups in total. The summed E-state index contributed by atoms with van der Waals surface area (Å²) < 4.78 is 1.09. The van der Waals surface area contributed by atoms with Gasteiger partial charge in [-0.25, -0.2) is 0 Å². The molecule has 1 heterocycles. The van der Waals surface area contributed by atoms with Gasteiger partial charge in [0.2, 0.25) is 17.7 Å². The van der Waals surface area contributed by atoms with Crippen molar-refractivity contribution in [1.29, 1.82) is 0 Å². The molecule has 2 atom stereocenters. The summed E-state index contributed by atoms with van der Waals surface area (Å²) in [7, 11) is 0. The van der Waals surface area contributed by atoms with Gasteiger partial charge in [-0.2, -0.15) is 0 Å². The molecule has 6 heteroatoms. The zero-order chi connectivity index (χ0) is 16.4. The van der Waals surface area contributed by atoms with E-state index in [9.17, 15) is 14.4 Å². The molecule has 1 aliphatic heterocycles. The molecule has 0 aromatic heterocycles. The van der Waals surface area contributed by atoms with Crippen molar-refractivity contribution in [3.8, 4) is 0 Å². The molecule has 1 aromatic carbocycles. The zero-order valence-electron chi connectivity index (χ0n) is 12.8. The highest BCUT2D eigenvalue weighted by Gasteiger charge is 2.47. The average molecular weight is 426 g/mol. The van der Waals surface area contributed by atoms with Crippen molar-refractivity contribution in [2.75, 3.05) is 11.9 Å². The van der Waals surface area contributed by atoms with Crippen molar-refractivity contribution in [3.05, 3.63) is 27.8 Å². The first-order valence-corrected chi connectivity index (χ1v) is 9.05. The molecule has 23 heavy (non-hydrogen) atoms. The lowest BCUT2D eigenvalue weighted by Crippen LogP contribution is -2.34. The first kappa shape index (κ1) is 16.4. The lowest BCUT2D eigenvalue weighted by Gasteiger charge is -2.19. The normalized spacial score (nSPS) is 23.8. The number of benzene rings is 1. The number of rotatable bonds is 4. The van der Waals surface area contributed by atoms with Gasteiger partial charge in [-0.15, -0.1) is 0 Å². The third-order valence-corrected chi connectivity index (χ3v) is 5.34. The van der Waals surface area contributed by atoms with Crippen LogP contribution in [-0.4, -0.2) is 29.2 Å². The Morgan fingerprint density at radius 1 is 1.09 bits per heavy atom. The second-order valence-corrected chi connectivity index (χ2v) is 7.38. The molecule has 2 unspecified atom stereocenters. The summed E-state index contributed by atoms with van der Waals surface area (Å²) in [6.07, 6.45) is 3.78. The van der Waals surface area contributed by atoms with E-state index in [1.54, 1.807) is 0 Å². The molecule has 1 saturated carbocycles. The number of halogens is 1. The number of anilines is 1. The van der Waals surface area contributed by atoms with Crippen LogP contribution >= 0.6 is 22.6 Å². The number of carbonyl (C=O) groups is 3. The molecule has 2 fully saturated rings. The van der Waals surface area contributed by atoms with E-state index in [1.165, 1.54) is 4.90 Å². The van der Waals surface area contributed by atoms with Gasteiger partial charge in [-0.1, -0.05) is 12.8 Å². The van der Waals surface area contributed by atoms with Crippen LogP contribution in [0.1, 0.15) is 32.1 Å². The molecular weight excluding hydrogens is 407 g/mol. The second kappa shape index (κ2) is 6.98. The van der Waals surface area contributed by atoms with E-state index in [4.69, 9.17) is 0 Å². The van der Waals surface area contributed by atoms with Crippen LogP contribution in [0.4, 0.5) is 5.69 Å². The lowest BCUT2D eigenvalue weighted by atomic mass is 9.81. The highest BCUT2D eigenvalue weighted by Crippen LogP contribution is 2.37. The molecule has 1 aliphatic carbocycles. The van der Waals surface area contributed by atoms with Crippen LogP contribution in [0.15, 0.2) is 24.3 Å². The van der Waals surface area contributed by atoms with Crippen molar-refractivity contribution in [3.63, 3.8) is 0 Å². The summed E-state index contributed by atoms with van der Waals surface area (Å²) in [5.41, 5.74) is 0.725. The number of nitrogens with one attached hydrogen (secondary N) is 1. The van der Waals surface area contributed by atoms with Crippen LogP contribution < -0.4 is 5.32 Å². The second-order valence-electron chi connectivity index (χ2n) is 6.13. The summed E-state index contributed by atoms with van der Waals surface area (Å²) >= 11 is 2.20. The van der Waals surface area contributed by atoms with Crippen molar-refractivity contribution >= 4 is 46.0 Å². The Labute approximate surface area is 148 Å². The fourth-order valence-corrected chi connectivity index (χ4v) is 3.78. The smallest absolute Gasteiger partial charge is 0.233 e. The van der Waals surface area contributed by atoms with Crippen LogP contribution in [-0.2, 0) is 14.4 Å². The van der Waals surface area contributed by atoms with E-state index in [1.807, 2.05) is 24.3 Å². The molecule has 3 rings (SSSR count). The molecule has 5 nitrogen and oxygen atoms in total. The van der Waals surface area contributed by atoms with E-state index in [-0.39, 0.29) is 42.5 Å². The van der Waals surface area contributed by atoms with Crippen LogP contribution in [0.25, 0.3) is 0 Å². The quantitative estimate of drug-likeness (QED) is 0.595. The number of nitrogens with zero attached hydrogens (tertiary/aromatic N) is 1. The average Bonchev–Trinajstić information content (AvgIpc) is 2.80. The summed E-state index contributed by atoms with van der Waals surface area (Å²) in [6.45, 7) is 0.181. The Balaban J connectivity index is 1.55. The number of carbonyl (C=O) groups excluding carboxylic acids is 3. The molecular formula is C17H19IN2O3. The van der Waals surface area contributed by atoms with Gasteiger partial charge in [0.05, 0.1) is 11.8 Å². The van der Waals surface area contributed by atoms with E-state index >= 15 is 0 Å². The fourth-order valence-electron chi connectivity index (χ4n) is 3.42. The molecule has 0 bridgehead atoms. The Morgan fingerprint density at radius 3 is 2.22 bits per heavy atom. The largest absolute Gasteiger partial charge is 0.326 e. The number of fused-ring (bicyclic) bond motifs is 1. The minimum atomic E-state index is -0.179. The molecule has 0 radical (unpaired) electrons. The van der Waals surface area contributed by atoms with Gasteiger partial charge in [0.25, 0.3) is 0 Å². The predicted molar refractivity (Wildman–Crippen MR) is 94.6 cm³/mol. The first-order chi connectivity index (χ1) is 11.1. The fraction of sp³-hybridized carbons (Fsp3) is 0.471. The Kier molecular flexibility index (Phi) is 4.99. The van der Waals surface area contributed by atoms with Crippen molar-refractivity contribution in [2.45, 2.75) is 32.1 Å². The van der Waals surface area contributed by atoms with Gasteiger partial charge in [-0.05, 0) is 59.7 Å². The summed E-state index contributed by atoms with van der Waals surface area (Å²) in [5, 5.41) is 2.79. The standard InChI is InChI=1S/C17H19IN2O3/c18-11-5-7-12(8-6-11)19-15(21)9-10-20-16(22)13-3-1-2-4-14(13)17(20)23/h5-8,13-14H,1-4,9-10H2,(H,19,21). The number of hydrogen-bond acceptors (Lipinski definition) is 3. The third-order valence-electron chi connectivity index (χ3n) is 4.62. The van der Waals surface area contributed by atoms with Gasteiger partial charge in [0.1, 0.15) is 0 Å². The molecule has 1 aromatic rings. The van der Waals surface area contributed by atoms with Crippen molar-refractivity contribution < 1.29 is 14.4 Å². The van der Waals surface area contributed by atoms with E-state index in [2.05, 4.69) is 27.9 Å². The first-order valence-electron chi connectivity index (χ1n) is 7.97. The van der Waals surface area contributed by atoms with Crippen molar-refractivity contribution in [2.24, 2.45) is 11.8 Å².